The van der Waals surface area contributed by atoms with Gasteiger partial charge in [0.1, 0.15) is 0 Å². The number of fused-ring (bicyclic) bond motifs is 1. The Morgan fingerprint density at radius 3 is 2.59 bits per heavy atom. The Morgan fingerprint density at radius 1 is 1.00 bits per heavy atom. The van der Waals surface area contributed by atoms with Crippen molar-refractivity contribution in [1.82, 2.24) is 10.2 Å². The molecule has 0 spiro atoms. The van der Waals surface area contributed by atoms with Gasteiger partial charge in [-0.05, 0) is 41.8 Å². The molecule has 0 saturated carbocycles. The molecule has 0 unspecified atom stereocenters. The first kappa shape index (κ1) is 17.2. The minimum absolute atomic E-state index is 0.169. The van der Waals surface area contributed by atoms with Crippen LogP contribution in [-0.4, -0.2) is 49.9 Å². The van der Waals surface area contributed by atoms with Gasteiger partial charge in [-0.2, -0.15) is 0 Å². The summed E-state index contributed by atoms with van der Waals surface area (Å²) < 4.78 is 15.7. The zero-order valence-corrected chi connectivity index (χ0v) is 14.8. The zero-order chi connectivity index (χ0) is 18.6. The van der Waals surface area contributed by atoms with Crippen molar-refractivity contribution in [2.24, 2.45) is 0 Å². The maximum absolute atomic E-state index is 12.3. The maximum Gasteiger partial charge on any atom is 0.409 e. The molecule has 2 aliphatic rings. The lowest BCUT2D eigenvalue weighted by atomic mass is 10.0. The zero-order valence-electron chi connectivity index (χ0n) is 14.8. The monoisotopic (exact) mass is 368 g/mol. The Balaban J connectivity index is 1.34. The SMILES string of the molecule is O=C(NCCN1CCCOC1=O)c1ccc(-c2ccc3c(c2)OCO3)cc1. The van der Waals surface area contributed by atoms with Gasteiger partial charge in [0.25, 0.3) is 5.91 Å². The summed E-state index contributed by atoms with van der Waals surface area (Å²) in [6.45, 7) is 2.21. The molecule has 4 rings (SSSR count). The van der Waals surface area contributed by atoms with Gasteiger partial charge in [0.15, 0.2) is 11.5 Å². The minimum atomic E-state index is -0.316. The Hall–Kier alpha value is -3.22. The number of benzene rings is 2. The van der Waals surface area contributed by atoms with E-state index in [0.717, 1.165) is 29.0 Å². The van der Waals surface area contributed by atoms with Gasteiger partial charge >= 0.3 is 6.09 Å². The van der Waals surface area contributed by atoms with Crippen molar-refractivity contribution in [2.45, 2.75) is 6.42 Å². The van der Waals surface area contributed by atoms with Crippen molar-refractivity contribution in [3.8, 4) is 22.6 Å². The molecule has 2 aliphatic heterocycles. The predicted molar refractivity (Wildman–Crippen MR) is 97.9 cm³/mol. The molecule has 1 fully saturated rings. The smallest absolute Gasteiger partial charge is 0.409 e. The van der Waals surface area contributed by atoms with Gasteiger partial charge in [0, 0.05) is 25.2 Å². The lowest BCUT2D eigenvalue weighted by Crippen LogP contribution is -2.42. The van der Waals surface area contributed by atoms with Crippen LogP contribution in [0.1, 0.15) is 16.8 Å². The molecule has 1 saturated heterocycles. The van der Waals surface area contributed by atoms with Crippen molar-refractivity contribution in [1.29, 1.82) is 0 Å². The predicted octanol–water partition coefficient (Wildman–Crippen LogP) is 2.65. The number of cyclic esters (lactones) is 1. The topological polar surface area (TPSA) is 77.1 Å². The van der Waals surface area contributed by atoms with E-state index in [1.54, 1.807) is 17.0 Å². The Morgan fingerprint density at radius 2 is 1.78 bits per heavy atom. The largest absolute Gasteiger partial charge is 0.454 e. The van der Waals surface area contributed by atoms with Crippen molar-refractivity contribution in [3.63, 3.8) is 0 Å². The van der Waals surface area contributed by atoms with Crippen LogP contribution in [0.4, 0.5) is 4.79 Å². The third kappa shape index (κ3) is 3.81. The summed E-state index contributed by atoms with van der Waals surface area (Å²) in [5.74, 6) is 1.30. The van der Waals surface area contributed by atoms with E-state index in [1.807, 2.05) is 30.3 Å². The molecule has 2 amide bonds. The minimum Gasteiger partial charge on any atom is -0.454 e. The number of nitrogens with zero attached hydrogens (tertiary/aromatic N) is 1. The molecule has 2 aromatic rings. The average Bonchev–Trinajstić information content (AvgIpc) is 3.17. The Bertz CT molecular complexity index is 850. The van der Waals surface area contributed by atoms with Crippen LogP contribution in [-0.2, 0) is 4.74 Å². The lowest BCUT2D eigenvalue weighted by molar-refractivity contribution is 0.0719. The van der Waals surface area contributed by atoms with E-state index in [1.165, 1.54) is 0 Å². The summed E-state index contributed by atoms with van der Waals surface area (Å²) in [5.41, 5.74) is 2.55. The van der Waals surface area contributed by atoms with Crippen LogP contribution in [0.3, 0.4) is 0 Å². The molecule has 0 radical (unpaired) electrons. The first-order chi connectivity index (χ1) is 13.2. The van der Waals surface area contributed by atoms with E-state index in [9.17, 15) is 9.59 Å². The standard InChI is InChI=1S/C20H20N2O5/c23-19(21-8-10-22-9-1-11-25-20(22)24)15-4-2-14(3-5-15)16-6-7-17-18(12-16)27-13-26-17/h2-7,12H,1,8-11,13H2,(H,21,23). The van der Waals surface area contributed by atoms with Gasteiger partial charge < -0.3 is 24.4 Å². The highest BCUT2D eigenvalue weighted by Crippen LogP contribution is 2.35. The second kappa shape index (κ2) is 7.57. The van der Waals surface area contributed by atoms with Crippen molar-refractivity contribution < 1.29 is 23.8 Å². The number of amides is 2. The molecule has 0 bridgehead atoms. The summed E-state index contributed by atoms with van der Waals surface area (Å²) in [6.07, 6.45) is 0.504. The second-order valence-corrected chi connectivity index (χ2v) is 6.36. The van der Waals surface area contributed by atoms with E-state index < -0.39 is 0 Å². The first-order valence-electron chi connectivity index (χ1n) is 8.91. The van der Waals surface area contributed by atoms with Crippen LogP contribution < -0.4 is 14.8 Å². The highest BCUT2D eigenvalue weighted by Gasteiger charge is 2.19. The Labute approximate surface area is 156 Å². The number of hydrogen-bond acceptors (Lipinski definition) is 5. The van der Waals surface area contributed by atoms with Crippen LogP contribution in [0, 0.1) is 0 Å². The van der Waals surface area contributed by atoms with Gasteiger partial charge in [-0.3, -0.25) is 4.79 Å². The lowest BCUT2D eigenvalue weighted by Gasteiger charge is -2.26. The number of carbonyl (C=O) groups is 2. The molecule has 0 aromatic heterocycles. The van der Waals surface area contributed by atoms with Crippen LogP contribution >= 0.6 is 0 Å². The molecule has 140 valence electrons. The van der Waals surface area contributed by atoms with Gasteiger partial charge in [-0.25, -0.2) is 4.79 Å². The molecule has 7 heteroatoms. The Kier molecular flexibility index (Phi) is 4.82. The number of nitrogens with one attached hydrogen (secondary N) is 1. The number of hydrogen-bond donors (Lipinski definition) is 1. The van der Waals surface area contributed by atoms with Gasteiger partial charge in [-0.15, -0.1) is 0 Å². The summed E-state index contributed by atoms with van der Waals surface area (Å²) in [5, 5.41) is 2.84. The summed E-state index contributed by atoms with van der Waals surface area (Å²) in [6, 6.07) is 13.1. The molecular formula is C20H20N2O5. The number of rotatable bonds is 5. The maximum atomic E-state index is 12.3. The molecule has 2 heterocycles. The van der Waals surface area contributed by atoms with E-state index in [0.29, 0.717) is 31.8 Å². The van der Waals surface area contributed by atoms with Crippen molar-refractivity contribution in [2.75, 3.05) is 33.0 Å². The fourth-order valence-electron chi connectivity index (χ4n) is 3.10. The molecule has 0 atom stereocenters. The molecule has 7 nitrogen and oxygen atoms in total. The fourth-order valence-corrected chi connectivity index (χ4v) is 3.10. The second-order valence-electron chi connectivity index (χ2n) is 6.36. The van der Waals surface area contributed by atoms with Gasteiger partial charge in [0.05, 0.1) is 6.61 Å². The molecule has 1 N–H and O–H groups in total. The normalized spacial score (nSPS) is 15.4. The molecular weight excluding hydrogens is 348 g/mol. The molecule has 2 aromatic carbocycles. The van der Waals surface area contributed by atoms with Crippen LogP contribution in [0.15, 0.2) is 42.5 Å². The van der Waals surface area contributed by atoms with Crippen LogP contribution in [0.2, 0.25) is 0 Å². The van der Waals surface area contributed by atoms with Crippen LogP contribution in [0.25, 0.3) is 11.1 Å². The number of ether oxygens (including phenoxy) is 3. The quantitative estimate of drug-likeness (QED) is 0.878. The molecule has 0 aliphatic carbocycles. The fraction of sp³-hybridized carbons (Fsp3) is 0.300. The highest BCUT2D eigenvalue weighted by molar-refractivity contribution is 5.94. The van der Waals surface area contributed by atoms with E-state index in [-0.39, 0.29) is 18.8 Å². The van der Waals surface area contributed by atoms with Gasteiger partial charge in [0.2, 0.25) is 6.79 Å². The van der Waals surface area contributed by atoms with Gasteiger partial charge in [-0.1, -0.05) is 18.2 Å². The van der Waals surface area contributed by atoms with E-state index >= 15 is 0 Å². The third-order valence-corrected chi connectivity index (χ3v) is 4.58. The van der Waals surface area contributed by atoms with E-state index in [2.05, 4.69) is 5.32 Å². The number of carbonyl (C=O) groups excluding carboxylic acids is 2. The van der Waals surface area contributed by atoms with E-state index in [4.69, 9.17) is 14.2 Å². The first-order valence-corrected chi connectivity index (χ1v) is 8.91. The molecule has 27 heavy (non-hydrogen) atoms. The summed E-state index contributed by atoms with van der Waals surface area (Å²) in [4.78, 5) is 25.4. The van der Waals surface area contributed by atoms with Crippen molar-refractivity contribution >= 4 is 12.0 Å². The highest BCUT2D eigenvalue weighted by atomic mass is 16.7. The van der Waals surface area contributed by atoms with Crippen LogP contribution in [0.5, 0.6) is 11.5 Å². The van der Waals surface area contributed by atoms with Crippen molar-refractivity contribution in [3.05, 3.63) is 48.0 Å². The summed E-state index contributed by atoms with van der Waals surface area (Å²) in [7, 11) is 0. The third-order valence-electron chi connectivity index (χ3n) is 4.58. The summed E-state index contributed by atoms with van der Waals surface area (Å²) >= 11 is 0. The average molecular weight is 368 g/mol.